The van der Waals surface area contributed by atoms with Crippen molar-refractivity contribution in [2.45, 2.75) is 25.2 Å². The lowest BCUT2D eigenvalue weighted by molar-refractivity contribution is -0.125. The molecule has 1 N–H and O–H groups in total. The Morgan fingerprint density at radius 3 is 2.36 bits per heavy atom. The summed E-state index contributed by atoms with van der Waals surface area (Å²) in [6.07, 6.45) is 1.14. The van der Waals surface area contributed by atoms with Crippen LogP contribution in [0.15, 0.2) is 48.5 Å². The predicted octanol–water partition coefficient (Wildman–Crippen LogP) is 3.91. The van der Waals surface area contributed by atoms with Gasteiger partial charge in [0.05, 0.1) is 12.0 Å². The molecule has 0 bridgehead atoms. The van der Waals surface area contributed by atoms with Crippen molar-refractivity contribution in [3.63, 3.8) is 0 Å². The largest absolute Gasteiger partial charge is 0.494 e. The summed E-state index contributed by atoms with van der Waals surface area (Å²) in [5, 5.41) is 2.99. The fraction of sp³-hybridized carbons (Fsp3) is 0.350. The third-order valence-corrected chi connectivity index (χ3v) is 4.60. The van der Waals surface area contributed by atoms with E-state index in [1.807, 2.05) is 31.2 Å². The highest BCUT2D eigenvalue weighted by Crippen LogP contribution is 2.36. The Kier molecular flexibility index (Phi) is 5.34. The summed E-state index contributed by atoms with van der Waals surface area (Å²) < 4.78 is 24.2. The normalized spacial score (nSPS) is 16.2. The van der Waals surface area contributed by atoms with E-state index in [0.29, 0.717) is 38.3 Å². The van der Waals surface area contributed by atoms with Gasteiger partial charge in [0.2, 0.25) is 5.91 Å². The van der Waals surface area contributed by atoms with Crippen LogP contribution in [0.5, 0.6) is 5.75 Å². The van der Waals surface area contributed by atoms with Crippen LogP contribution in [0.4, 0.5) is 10.1 Å². The first-order chi connectivity index (χ1) is 12.1. The van der Waals surface area contributed by atoms with E-state index in [-0.39, 0.29) is 11.7 Å². The van der Waals surface area contributed by atoms with E-state index in [4.69, 9.17) is 9.47 Å². The number of anilines is 1. The van der Waals surface area contributed by atoms with Crippen molar-refractivity contribution in [1.82, 2.24) is 0 Å². The van der Waals surface area contributed by atoms with Crippen molar-refractivity contribution in [2.24, 2.45) is 0 Å². The van der Waals surface area contributed by atoms with Crippen LogP contribution in [0.3, 0.4) is 0 Å². The van der Waals surface area contributed by atoms with Crippen LogP contribution in [-0.2, 0) is 14.9 Å². The van der Waals surface area contributed by atoms with Crippen molar-refractivity contribution in [2.75, 3.05) is 25.1 Å². The Labute approximate surface area is 147 Å². The van der Waals surface area contributed by atoms with Crippen LogP contribution in [0, 0.1) is 5.82 Å². The van der Waals surface area contributed by atoms with E-state index >= 15 is 0 Å². The molecule has 3 rings (SSSR count). The van der Waals surface area contributed by atoms with Crippen molar-refractivity contribution in [3.05, 3.63) is 59.9 Å². The van der Waals surface area contributed by atoms with Gasteiger partial charge in [-0.05, 0) is 61.7 Å². The number of carbonyl (C=O) groups is 1. The van der Waals surface area contributed by atoms with Crippen molar-refractivity contribution in [1.29, 1.82) is 0 Å². The van der Waals surface area contributed by atoms with E-state index < -0.39 is 5.41 Å². The number of hydrogen-bond acceptors (Lipinski definition) is 3. The molecule has 1 aliphatic rings. The molecule has 4 nitrogen and oxygen atoms in total. The van der Waals surface area contributed by atoms with E-state index in [1.54, 1.807) is 12.1 Å². The van der Waals surface area contributed by atoms with Gasteiger partial charge in [-0.3, -0.25) is 4.79 Å². The lowest BCUT2D eigenvalue weighted by Crippen LogP contribution is -2.44. The minimum atomic E-state index is -0.704. The Balaban J connectivity index is 1.83. The molecule has 0 radical (unpaired) electrons. The number of hydrogen-bond donors (Lipinski definition) is 1. The third kappa shape index (κ3) is 3.82. The van der Waals surface area contributed by atoms with Gasteiger partial charge in [-0.15, -0.1) is 0 Å². The smallest absolute Gasteiger partial charge is 0.235 e. The molecule has 132 valence electrons. The van der Waals surface area contributed by atoms with Crippen LogP contribution in [0.25, 0.3) is 0 Å². The molecule has 0 atom stereocenters. The van der Waals surface area contributed by atoms with E-state index in [9.17, 15) is 9.18 Å². The molecule has 0 aliphatic carbocycles. The molecule has 5 heteroatoms. The molecule has 0 unspecified atom stereocenters. The second-order valence-electron chi connectivity index (χ2n) is 6.11. The van der Waals surface area contributed by atoms with Gasteiger partial charge in [0.1, 0.15) is 11.6 Å². The fourth-order valence-electron chi connectivity index (χ4n) is 3.19. The predicted molar refractivity (Wildman–Crippen MR) is 94.4 cm³/mol. The quantitative estimate of drug-likeness (QED) is 0.895. The number of carbonyl (C=O) groups excluding carboxylic acids is 1. The Hall–Kier alpha value is -2.40. The first-order valence-corrected chi connectivity index (χ1v) is 8.52. The minimum Gasteiger partial charge on any atom is -0.494 e. The van der Waals surface area contributed by atoms with Gasteiger partial charge in [-0.25, -0.2) is 4.39 Å². The van der Waals surface area contributed by atoms with Gasteiger partial charge in [0, 0.05) is 18.9 Å². The molecule has 2 aromatic carbocycles. The zero-order valence-corrected chi connectivity index (χ0v) is 14.3. The van der Waals surface area contributed by atoms with Gasteiger partial charge in [0.15, 0.2) is 0 Å². The van der Waals surface area contributed by atoms with Crippen molar-refractivity contribution >= 4 is 11.6 Å². The molecule has 0 aromatic heterocycles. The molecule has 0 saturated carbocycles. The summed E-state index contributed by atoms with van der Waals surface area (Å²) in [6.45, 7) is 3.54. The van der Waals surface area contributed by atoms with E-state index in [0.717, 1.165) is 11.3 Å². The van der Waals surface area contributed by atoms with Gasteiger partial charge in [0.25, 0.3) is 0 Å². The summed E-state index contributed by atoms with van der Waals surface area (Å²) in [5.74, 6) is 0.365. The minimum absolute atomic E-state index is 0.0911. The molecule has 25 heavy (non-hydrogen) atoms. The van der Waals surface area contributed by atoms with Crippen molar-refractivity contribution in [3.8, 4) is 5.75 Å². The summed E-state index contributed by atoms with van der Waals surface area (Å²) in [6, 6.07) is 13.5. The number of ether oxygens (including phenoxy) is 2. The Morgan fingerprint density at radius 2 is 1.76 bits per heavy atom. The number of halogens is 1. The first-order valence-electron chi connectivity index (χ1n) is 8.52. The van der Waals surface area contributed by atoms with Gasteiger partial charge < -0.3 is 14.8 Å². The molecule has 1 aliphatic heterocycles. The van der Waals surface area contributed by atoms with Crippen LogP contribution in [-0.4, -0.2) is 25.7 Å². The molecule has 1 fully saturated rings. The van der Waals surface area contributed by atoms with E-state index in [2.05, 4.69) is 5.32 Å². The molecule has 1 amide bonds. The molecule has 0 spiro atoms. The average Bonchev–Trinajstić information content (AvgIpc) is 2.64. The van der Waals surface area contributed by atoms with Crippen LogP contribution >= 0.6 is 0 Å². The summed E-state index contributed by atoms with van der Waals surface area (Å²) in [4.78, 5) is 13.1. The van der Waals surface area contributed by atoms with Gasteiger partial charge in [-0.1, -0.05) is 12.1 Å². The Bertz CT molecular complexity index is 707. The highest BCUT2D eigenvalue weighted by molar-refractivity contribution is 5.99. The standard InChI is InChI=1S/C20H22FNO3/c1-2-25-18-9-7-17(8-10-18)22-19(23)20(11-13-24-14-12-20)15-3-5-16(21)6-4-15/h3-10H,2,11-14H2,1H3,(H,22,23). The summed E-state index contributed by atoms with van der Waals surface area (Å²) in [5.41, 5.74) is 0.826. The molecular weight excluding hydrogens is 321 g/mol. The fourth-order valence-corrected chi connectivity index (χ4v) is 3.19. The highest BCUT2D eigenvalue weighted by Gasteiger charge is 2.41. The maximum absolute atomic E-state index is 13.3. The van der Waals surface area contributed by atoms with Crippen molar-refractivity contribution < 1.29 is 18.7 Å². The van der Waals surface area contributed by atoms with Crippen LogP contribution in [0.2, 0.25) is 0 Å². The highest BCUT2D eigenvalue weighted by atomic mass is 19.1. The number of nitrogens with one attached hydrogen (secondary N) is 1. The maximum atomic E-state index is 13.3. The lowest BCUT2D eigenvalue weighted by atomic mass is 9.73. The topological polar surface area (TPSA) is 47.6 Å². The Morgan fingerprint density at radius 1 is 1.12 bits per heavy atom. The molecule has 2 aromatic rings. The molecule has 1 heterocycles. The molecular formula is C20H22FNO3. The zero-order chi connectivity index (χ0) is 17.7. The maximum Gasteiger partial charge on any atom is 0.235 e. The number of rotatable bonds is 5. The van der Waals surface area contributed by atoms with E-state index in [1.165, 1.54) is 12.1 Å². The average molecular weight is 343 g/mol. The first kappa shape index (κ1) is 17.4. The second kappa shape index (κ2) is 7.66. The summed E-state index contributed by atoms with van der Waals surface area (Å²) in [7, 11) is 0. The SMILES string of the molecule is CCOc1ccc(NC(=O)C2(c3ccc(F)cc3)CCOCC2)cc1. The summed E-state index contributed by atoms with van der Waals surface area (Å²) >= 11 is 0. The molecule has 1 saturated heterocycles. The van der Waals surface area contributed by atoms with Gasteiger partial charge >= 0.3 is 0 Å². The number of amides is 1. The second-order valence-corrected chi connectivity index (χ2v) is 6.11. The lowest BCUT2D eigenvalue weighted by Gasteiger charge is -2.36. The monoisotopic (exact) mass is 343 g/mol. The number of benzene rings is 2. The van der Waals surface area contributed by atoms with Crippen LogP contribution < -0.4 is 10.1 Å². The third-order valence-electron chi connectivity index (χ3n) is 4.60. The zero-order valence-electron chi connectivity index (χ0n) is 14.3. The van der Waals surface area contributed by atoms with Crippen LogP contribution in [0.1, 0.15) is 25.3 Å². The van der Waals surface area contributed by atoms with Gasteiger partial charge in [-0.2, -0.15) is 0 Å².